The number of nitrogens with zero attached hydrogens (tertiary/aromatic N) is 3. The molecule has 0 aliphatic heterocycles. The highest BCUT2D eigenvalue weighted by Gasteiger charge is 2.32. The van der Waals surface area contributed by atoms with Crippen LogP contribution in [0.15, 0.2) is 0 Å². The van der Waals surface area contributed by atoms with Crippen molar-refractivity contribution in [1.29, 1.82) is 0 Å². The van der Waals surface area contributed by atoms with Crippen molar-refractivity contribution in [2.45, 2.75) is 52.6 Å². The molecule has 16 heavy (non-hydrogen) atoms. The van der Waals surface area contributed by atoms with Crippen LogP contribution in [0.25, 0.3) is 0 Å². The molecule has 0 atom stereocenters. The first-order valence-electron chi connectivity index (χ1n) is 6.28. The Hall–Kier alpha value is -1.19. The average molecular weight is 222 g/mol. The minimum atomic E-state index is 0.698. The number of aromatic nitrogens is 2. The molecule has 0 amide bonds. The van der Waals surface area contributed by atoms with Crippen molar-refractivity contribution < 1.29 is 0 Å². The van der Waals surface area contributed by atoms with Gasteiger partial charge in [-0.15, -0.1) is 0 Å². The van der Waals surface area contributed by atoms with Crippen LogP contribution in [0.4, 0.5) is 11.5 Å². The topological polar surface area (TPSA) is 47.1 Å². The van der Waals surface area contributed by atoms with Crippen LogP contribution in [0.3, 0.4) is 0 Å². The minimum absolute atomic E-state index is 0.698. The van der Waals surface area contributed by atoms with Gasteiger partial charge in [-0.2, -0.15) is 5.10 Å². The Kier molecular flexibility index (Phi) is 3.08. The Balaban J connectivity index is 2.34. The largest absolute Gasteiger partial charge is 0.394 e. The lowest BCUT2D eigenvalue weighted by molar-refractivity contribution is 0.622. The van der Waals surface area contributed by atoms with Gasteiger partial charge in [-0.25, -0.2) is 4.68 Å². The molecule has 1 fully saturated rings. The maximum atomic E-state index is 6.15. The Bertz CT molecular complexity index is 365. The first-order valence-corrected chi connectivity index (χ1v) is 6.28. The Morgan fingerprint density at radius 3 is 2.62 bits per heavy atom. The molecule has 0 spiro atoms. The Labute approximate surface area is 97.4 Å². The number of nitrogens with two attached hydrogens (primary N) is 1. The highest BCUT2D eigenvalue weighted by atomic mass is 15.4. The van der Waals surface area contributed by atoms with E-state index in [4.69, 9.17) is 5.73 Å². The number of aryl methyl sites for hydroxylation is 2. The number of rotatable bonds is 5. The SMILES string of the molecule is CCCN(c1c(N)c(C)nn1CC)C1CC1. The Morgan fingerprint density at radius 2 is 2.12 bits per heavy atom. The fraction of sp³-hybridized carbons (Fsp3) is 0.750. The predicted octanol–water partition coefficient (Wildman–Crippen LogP) is 2.17. The summed E-state index contributed by atoms with van der Waals surface area (Å²) in [4.78, 5) is 2.44. The van der Waals surface area contributed by atoms with Gasteiger partial charge in [0, 0.05) is 19.1 Å². The van der Waals surface area contributed by atoms with Gasteiger partial charge in [0.25, 0.3) is 0 Å². The van der Waals surface area contributed by atoms with Crippen LogP contribution < -0.4 is 10.6 Å². The lowest BCUT2D eigenvalue weighted by atomic mass is 10.3. The summed E-state index contributed by atoms with van der Waals surface area (Å²) in [6.07, 6.45) is 3.75. The molecule has 90 valence electrons. The fourth-order valence-electron chi connectivity index (χ4n) is 2.20. The first kappa shape index (κ1) is 11.3. The van der Waals surface area contributed by atoms with Crippen LogP contribution in [0.1, 0.15) is 38.8 Å². The van der Waals surface area contributed by atoms with Gasteiger partial charge in [0.1, 0.15) is 0 Å². The number of anilines is 2. The molecule has 1 aromatic heterocycles. The van der Waals surface area contributed by atoms with Gasteiger partial charge in [0.15, 0.2) is 5.82 Å². The van der Waals surface area contributed by atoms with Crippen molar-refractivity contribution in [3.63, 3.8) is 0 Å². The molecule has 0 unspecified atom stereocenters. The molecule has 1 aliphatic rings. The van der Waals surface area contributed by atoms with Crippen molar-refractivity contribution >= 4 is 11.5 Å². The molecule has 0 aromatic carbocycles. The van der Waals surface area contributed by atoms with Gasteiger partial charge in [0.05, 0.1) is 11.4 Å². The minimum Gasteiger partial charge on any atom is -0.394 e. The van der Waals surface area contributed by atoms with E-state index in [2.05, 4.69) is 23.8 Å². The fourth-order valence-corrected chi connectivity index (χ4v) is 2.20. The van der Waals surface area contributed by atoms with Crippen molar-refractivity contribution in [1.82, 2.24) is 9.78 Å². The maximum absolute atomic E-state index is 6.15. The van der Waals surface area contributed by atoms with Gasteiger partial charge in [-0.3, -0.25) is 0 Å². The second-order valence-electron chi connectivity index (χ2n) is 4.56. The molecular weight excluding hydrogens is 200 g/mol. The summed E-state index contributed by atoms with van der Waals surface area (Å²) in [5, 5.41) is 4.49. The van der Waals surface area contributed by atoms with Gasteiger partial charge in [-0.05, 0) is 33.1 Å². The summed E-state index contributed by atoms with van der Waals surface area (Å²) in [7, 11) is 0. The van der Waals surface area contributed by atoms with Crippen LogP contribution in [-0.2, 0) is 6.54 Å². The number of nitrogen functional groups attached to an aromatic ring is 1. The Morgan fingerprint density at radius 1 is 1.44 bits per heavy atom. The molecule has 1 aromatic rings. The van der Waals surface area contributed by atoms with Crippen LogP contribution in [0.5, 0.6) is 0 Å². The number of hydrogen-bond acceptors (Lipinski definition) is 3. The quantitative estimate of drug-likeness (QED) is 0.830. The van der Waals surface area contributed by atoms with E-state index in [1.165, 1.54) is 12.8 Å². The van der Waals surface area contributed by atoms with Crippen molar-refractivity contribution in [3.8, 4) is 0 Å². The van der Waals surface area contributed by atoms with E-state index in [0.717, 1.165) is 36.7 Å². The zero-order valence-corrected chi connectivity index (χ0v) is 10.5. The molecular formula is C12H22N4. The normalized spacial score (nSPS) is 15.4. The van der Waals surface area contributed by atoms with E-state index in [9.17, 15) is 0 Å². The van der Waals surface area contributed by atoms with Crippen molar-refractivity contribution in [2.75, 3.05) is 17.2 Å². The van der Waals surface area contributed by atoms with Gasteiger partial charge < -0.3 is 10.6 Å². The van der Waals surface area contributed by atoms with E-state index in [1.807, 2.05) is 11.6 Å². The van der Waals surface area contributed by atoms with E-state index < -0.39 is 0 Å². The summed E-state index contributed by atoms with van der Waals surface area (Å²) in [5.74, 6) is 1.14. The zero-order valence-electron chi connectivity index (χ0n) is 10.5. The first-order chi connectivity index (χ1) is 7.69. The third-order valence-electron chi connectivity index (χ3n) is 3.17. The van der Waals surface area contributed by atoms with Gasteiger partial charge in [0.2, 0.25) is 0 Å². The van der Waals surface area contributed by atoms with E-state index in [-0.39, 0.29) is 0 Å². The highest BCUT2D eigenvalue weighted by molar-refractivity contribution is 5.67. The van der Waals surface area contributed by atoms with Crippen LogP contribution in [0, 0.1) is 6.92 Å². The van der Waals surface area contributed by atoms with Crippen molar-refractivity contribution in [3.05, 3.63) is 5.69 Å². The third-order valence-corrected chi connectivity index (χ3v) is 3.17. The van der Waals surface area contributed by atoms with Crippen LogP contribution >= 0.6 is 0 Å². The van der Waals surface area contributed by atoms with Gasteiger partial charge >= 0.3 is 0 Å². The molecule has 4 heteroatoms. The summed E-state index contributed by atoms with van der Waals surface area (Å²) in [5.41, 5.74) is 7.97. The second kappa shape index (κ2) is 4.36. The average Bonchev–Trinajstić information content (AvgIpc) is 3.06. The predicted molar refractivity (Wildman–Crippen MR) is 67.7 cm³/mol. The molecule has 2 rings (SSSR count). The standard InChI is InChI=1S/C12H22N4/c1-4-8-15(10-6-7-10)12-11(13)9(3)14-16(12)5-2/h10H,4-8,13H2,1-3H3. The molecule has 1 aliphatic carbocycles. The molecule has 0 radical (unpaired) electrons. The molecule has 2 N–H and O–H groups in total. The molecule has 1 heterocycles. The maximum Gasteiger partial charge on any atom is 0.150 e. The van der Waals surface area contributed by atoms with Crippen molar-refractivity contribution in [2.24, 2.45) is 0 Å². The zero-order chi connectivity index (χ0) is 11.7. The lowest BCUT2D eigenvalue weighted by Gasteiger charge is -2.25. The molecule has 1 saturated carbocycles. The highest BCUT2D eigenvalue weighted by Crippen LogP contribution is 2.36. The molecule has 0 saturated heterocycles. The van der Waals surface area contributed by atoms with Crippen LogP contribution in [-0.4, -0.2) is 22.4 Å². The molecule has 0 bridgehead atoms. The van der Waals surface area contributed by atoms with E-state index >= 15 is 0 Å². The van der Waals surface area contributed by atoms with E-state index in [0.29, 0.717) is 6.04 Å². The van der Waals surface area contributed by atoms with E-state index in [1.54, 1.807) is 0 Å². The second-order valence-corrected chi connectivity index (χ2v) is 4.56. The van der Waals surface area contributed by atoms with Gasteiger partial charge in [-0.1, -0.05) is 6.92 Å². The summed E-state index contributed by atoms with van der Waals surface area (Å²) < 4.78 is 2.04. The summed E-state index contributed by atoms with van der Waals surface area (Å²) in [6.45, 7) is 8.29. The van der Waals surface area contributed by atoms with Crippen LogP contribution in [0.2, 0.25) is 0 Å². The number of hydrogen-bond donors (Lipinski definition) is 1. The molecule has 4 nitrogen and oxygen atoms in total. The third kappa shape index (κ3) is 1.88. The monoisotopic (exact) mass is 222 g/mol. The summed E-state index contributed by atoms with van der Waals surface area (Å²) >= 11 is 0. The lowest BCUT2D eigenvalue weighted by Crippen LogP contribution is -2.29. The summed E-state index contributed by atoms with van der Waals surface area (Å²) in [6, 6.07) is 0.698. The smallest absolute Gasteiger partial charge is 0.150 e.